The molecule has 7 nitrogen and oxygen atoms in total. The predicted molar refractivity (Wildman–Crippen MR) is 123 cm³/mol. The van der Waals surface area contributed by atoms with Crippen molar-refractivity contribution in [2.24, 2.45) is 0 Å². The lowest BCUT2D eigenvalue weighted by Gasteiger charge is -2.14. The van der Waals surface area contributed by atoms with Crippen LogP contribution in [0.5, 0.6) is 0 Å². The van der Waals surface area contributed by atoms with Crippen LogP contribution in [-0.4, -0.2) is 26.4 Å². The van der Waals surface area contributed by atoms with Gasteiger partial charge in [-0.15, -0.1) is 0 Å². The summed E-state index contributed by atoms with van der Waals surface area (Å²) in [4.78, 5) is 24.2. The van der Waals surface area contributed by atoms with E-state index in [1.54, 1.807) is 12.1 Å². The van der Waals surface area contributed by atoms with Crippen LogP contribution in [0.2, 0.25) is 0 Å². The second-order valence-corrected chi connectivity index (χ2v) is 9.03. The average molecular weight is 489 g/mol. The van der Waals surface area contributed by atoms with Crippen LogP contribution >= 0.6 is 0 Å². The van der Waals surface area contributed by atoms with E-state index in [1.165, 1.54) is 31.2 Å². The van der Waals surface area contributed by atoms with Gasteiger partial charge in [-0.25, -0.2) is 22.0 Å². The van der Waals surface area contributed by atoms with Gasteiger partial charge < -0.3 is 10.1 Å². The number of halogens is 2. The summed E-state index contributed by atoms with van der Waals surface area (Å²) < 4.78 is 58.5. The van der Waals surface area contributed by atoms with Crippen molar-refractivity contribution < 1.29 is 31.5 Å². The van der Waals surface area contributed by atoms with Crippen LogP contribution in [0.3, 0.4) is 0 Å². The molecule has 1 unspecified atom stereocenters. The molecular weight excluding hydrogens is 466 g/mol. The molecule has 3 rings (SSSR count). The number of carbonyl (C=O) groups is 2. The highest BCUT2D eigenvalue weighted by Gasteiger charge is 2.20. The van der Waals surface area contributed by atoms with E-state index in [0.29, 0.717) is 17.8 Å². The van der Waals surface area contributed by atoms with Gasteiger partial charge in [0.15, 0.2) is 17.7 Å². The Bertz CT molecular complexity index is 1290. The molecule has 0 saturated carbocycles. The van der Waals surface area contributed by atoms with Gasteiger partial charge in [0.25, 0.3) is 15.9 Å². The highest BCUT2D eigenvalue weighted by Crippen LogP contribution is 2.19. The fourth-order valence-corrected chi connectivity index (χ4v) is 3.95. The standard InChI is InChI=1S/C24H22F2N2O5S/c1-3-16-4-8-18(9-5-16)27-23(29)15(2)33-24(30)17-6-10-19(11-7-17)28-34(31,32)20-12-13-21(25)22(26)14-20/h4-15,28H,3H2,1-2H3,(H,27,29). The molecule has 0 aromatic heterocycles. The largest absolute Gasteiger partial charge is 0.449 e. The molecule has 34 heavy (non-hydrogen) atoms. The molecule has 0 aliphatic rings. The molecule has 0 aliphatic heterocycles. The molecule has 0 saturated heterocycles. The van der Waals surface area contributed by atoms with Gasteiger partial charge in [0.1, 0.15) is 0 Å². The highest BCUT2D eigenvalue weighted by molar-refractivity contribution is 7.92. The lowest BCUT2D eigenvalue weighted by Crippen LogP contribution is -2.30. The molecule has 1 atom stereocenters. The van der Waals surface area contributed by atoms with Crippen LogP contribution in [0.15, 0.2) is 71.6 Å². The minimum atomic E-state index is -4.18. The first-order chi connectivity index (χ1) is 16.1. The van der Waals surface area contributed by atoms with E-state index in [0.717, 1.165) is 18.1 Å². The summed E-state index contributed by atoms with van der Waals surface area (Å²) >= 11 is 0. The first kappa shape index (κ1) is 24.8. The molecule has 10 heteroatoms. The number of anilines is 2. The van der Waals surface area contributed by atoms with Crippen LogP contribution < -0.4 is 10.0 Å². The second kappa shape index (κ2) is 10.4. The topological polar surface area (TPSA) is 102 Å². The zero-order valence-corrected chi connectivity index (χ0v) is 19.2. The lowest BCUT2D eigenvalue weighted by atomic mass is 10.1. The van der Waals surface area contributed by atoms with Crippen LogP contribution in [0.1, 0.15) is 29.8 Å². The monoisotopic (exact) mass is 488 g/mol. The van der Waals surface area contributed by atoms with Crippen molar-refractivity contribution in [2.45, 2.75) is 31.3 Å². The molecule has 0 fully saturated rings. The fraction of sp³-hybridized carbons (Fsp3) is 0.167. The zero-order valence-electron chi connectivity index (χ0n) is 18.3. The summed E-state index contributed by atoms with van der Waals surface area (Å²) in [5.74, 6) is -3.75. The normalized spacial score (nSPS) is 12.0. The number of sulfonamides is 1. The van der Waals surface area contributed by atoms with Crippen molar-refractivity contribution in [1.82, 2.24) is 0 Å². The third-order valence-electron chi connectivity index (χ3n) is 4.86. The van der Waals surface area contributed by atoms with Crippen molar-refractivity contribution >= 4 is 33.3 Å². The predicted octanol–water partition coefficient (Wildman–Crippen LogP) is 4.51. The molecule has 0 heterocycles. The maximum atomic E-state index is 13.4. The molecule has 3 aromatic rings. The maximum Gasteiger partial charge on any atom is 0.338 e. The molecule has 3 aromatic carbocycles. The van der Waals surface area contributed by atoms with Gasteiger partial charge in [0.2, 0.25) is 0 Å². The van der Waals surface area contributed by atoms with Crippen molar-refractivity contribution in [1.29, 1.82) is 0 Å². The SMILES string of the molecule is CCc1ccc(NC(=O)C(C)OC(=O)c2ccc(NS(=O)(=O)c3ccc(F)c(F)c3)cc2)cc1. The molecular formula is C24H22F2N2O5S. The number of hydrogen-bond acceptors (Lipinski definition) is 5. The van der Waals surface area contributed by atoms with Crippen LogP contribution in [0.4, 0.5) is 20.2 Å². The molecule has 178 valence electrons. The van der Waals surface area contributed by atoms with Gasteiger partial charge in [-0.2, -0.15) is 0 Å². The summed E-state index contributed by atoms with van der Waals surface area (Å²) in [5, 5.41) is 2.66. The van der Waals surface area contributed by atoms with Crippen molar-refractivity contribution in [2.75, 3.05) is 10.0 Å². The van der Waals surface area contributed by atoms with Gasteiger partial charge in [-0.05, 0) is 73.5 Å². The maximum absolute atomic E-state index is 13.4. The molecule has 1 amide bonds. The summed E-state index contributed by atoms with van der Waals surface area (Å²) in [6.45, 7) is 3.45. The summed E-state index contributed by atoms with van der Waals surface area (Å²) in [5.41, 5.74) is 1.86. The van der Waals surface area contributed by atoms with Gasteiger partial charge in [-0.1, -0.05) is 19.1 Å². The number of rotatable bonds is 8. The Morgan fingerprint density at radius 3 is 2.12 bits per heavy atom. The number of nitrogens with one attached hydrogen (secondary N) is 2. The van der Waals surface area contributed by atoms with E-state index in [9.17, 15) is 26.8 Å². The van der Waals surface area contributed by atoms with Crippen LogP contribution in [0.25, 0.3) is 0 Å². The molecule has 0 bridgehead atoms. The summed E-state index contributed by atoms with van der Waals surface area (Å²) in [6.07, 6.45) is -0.210. The molecule has 0 radical (unpaired) electrons. The first-order valence-electron chi connectivity index (χ1n) is 10.3. The van der Waals surface area contributed by atoms with Gasteiger partial charge >= 0.3 is 5.97 Å². The van der Waals surface area contributed by atoms with Gasteiger partial charge in [-0.3, -0.25) is 9.52 Å². The second-order valence-electron chi connectivity index (χ2n) is 7.35. The Kier molecular flexibility index (Phi) is 7.62. The Morgan fingerprint density at radius 2 is 1.53 bits per heavy atom. The van der Waals surface area contributed by atoms with Crippen molar-refractivity contribution in [3.63, 3.8) is 0 Å². The van der Waals surface area contributed by atoms with Crippen LogP contribution in [0, 0.1) is 11.6 Å². The number of amides is 1. The van der Waals surface area contributed by atoms with E-state index in [-0.39, 0.29) is 11.3 Å². The third kappa shape index (κ3) is 6.16. The van der Waals surface area contributed by atoms with Crippen LogP contribution in [-0.2, 0) is 26.0 Å². The third-order valence-corrected chi connectivity index (χ3v) is 6.24. The lowest BCUT2D eigenvalue weighted by molar-refractivity contribution is -0.123. The fourth-order valence-electron chi connectivity index (χ4n) is 2.88. The molecule has 2 N–H and O–H groups in total. The minimum absolute atomic E-state index is 0.0857. The molecule has 0 aliphatic carbocycles. The first-order valence-corrected chi connectivity index (χ1v) is 11.8. The Hall–Kier alpha value is -3.79. The van der Waals surface area contributed by atoms with Gasteiger partial charge in [0, 0.05) is 11.4 Å². The van der Waals surface area contributed by atoms with E-state index in [1.807, 2.05) is 19.1 Å². The van der Waals surface area contributed by atoms with E-state index in [4.69, 9.17) is 4.74 Å². The van der Waals surface area contributed by atoms with Gasteiger partial charge in [0.05, 0.1) is 10.5 Å². The smallest absolute Gasteiger partial charge is 0.338 e. The number of hydrogen-bond donors (Lipinski definition) is 2. The minimum Gasteiger partial charge on any atom is -0.449 e. The number of carbonyl (C=O) groups excluding carboxylic acids is 2. The Balaban J connectivity index is 1.60. The molecule has 0 spiro atoms. The van der Waals surface area contributed by atoms with E-state index in [2.05, 4.69) is 10.0 Å². The van der Waals surface area contributed by atoms with E-state index < -0.39 is 44.5 Å². The Morgan fingerprint density at radius 1 is 0.912 bits per heavy atom. The number of benzene rings is 3. The number of aryl methyl sites for hydroxylation is 1. The average Bonchev–Trinajstić information content (AvgIpc) is 2.81. The number of ether oxygens (including phenoxy) is 1. The summed E-state index contributed by atoms with van der Waals surface area (Å²) in [7, 11) is -4.18. The van der Waals surface area contributed by atoms with Crippen molar-refractivity contribution in [3.8, 4) is 0 Å². The Labute approximate surface area is 195 Å². The van der Waals surface area contributed by atoms with E-state index >= 15 is 0 Å². The number of esters is 1. The quantitative estimate of drug-likeness (QED) is 0.454. The highest BCUT2D eigenvalue weighted by atomic mass is 32.2. The summed E-state index contributed by atoms with van der Waals surface area (Å²) in [6, 6.07) is 14.7. The zero-order chi connectivity index (χ0) is 24.9. The van der Waals surface area contributed by atoms with Crippen molar-refractivity contribution in [3.05, 3.63) is 89.5 Å².